The fourth-order valence-electron chi connectivity index (χ4n) is 3.18. The fraction of sp³-hybridized carbons (Fsp3) is 0.300. The molecule has 2 N–H and O–H groups in total. The molecule has 0 aromatic heterocycles. The number of nitrogens with zero attached hydrogens (tertiary/aromatic N) is 1. The van der Waals surface area contributed by atoms with Gasteiger partial charge in [-0.2, -0.15) is 0 Å². The molecule has 130 valence electrons. The van der Waals surface area contributed by atoms with Gasteiger partial charge in [0.05, 0.1) is 11.4 Å². The molecule has 0 radical (unpaired) electrons. The standard InChI is InChI=1S/C20H22N2O3/c23-19(11-5-6-12-20(24)25)21-16-8-2-4-10-18(16)22-14-13-15-7-1-3-9-17(15)22/h1-4,7-10H,5-6,11-14H2,(H,21,23)(H,24,25). The molecule has 2 aromatic rings. The van der Waals surface area contributed by atoms with Crippen molar-refractivity contribution in [1.29, 1.82) is 0 Å². The van der Waals surface area contributed by atoms with Crippen molar-refractivity contribution < 1.29 is 14.7 Å². The second-order valence-corrected chi connectivity index (χ2v) is 6.20. The summed E-state index contributed by atoms with van der Waals surface area (Å²) in [6.07, 6.45) is 2.52. The van der Waals surface area contributed by atoms with Crippen molar-refractivity contribution in [2.24, 2.45) is 0 Å². The molecule has 0 saturated heterocycles. The zero-order chi connectivity index (χ0) is 17.6. The Bertz CT molecular complexity index is 773. The zero-order valence-corrected chi connectivity index (χ0v) is 14.1. The molecule has 0 saturated carbocycles. The van der Waals surface area contributed by atoms with Gasteiger partial charge in [0.1, 0.15) is 0 Å². The molecule has 5 nitrogen and oxygen atoms in total. The number of fused-ring (bicyclic) bond motifs is 1. The third-order valence-corrected chi connectivity index (χ3v) is 4.40. The smallest absolute Gasteiger partial charge is 0.303 e. The summed E-state index contributed by atoms with van der Waals surface area (Å²) >= 11 is 0. The van der Waals surface area contributed by atoms with E-state index < -0.39 is 5.97 Å². The molecule has 1 amide bonds. The van der Waals surface area contributed by atoms with Crippen LogP contribution < -0.4 is 10.2 Å². The fourth-order valence-corrected chi connectivity index (χ4v) is 3.18. The van der Waals surface area contributed by atoms with Crippen LogP contribution in [0.3, 0.4) is 0 Å². The Labute approximate surface area is 147 Å². The maximum absolute atomic E-state index is 12.2. The molecule has 5 heteroatoms. The molecule has 1 aliphatic rings. The number of benzene rings is 2. The molecule has 1 heterocycles. The number of unbranched alkanes of at least 4 members (excludes halogenated alkanes) is 1. The lowest BCUT2D eigenvalue weighted by Gasteiger charge is -2.23. The highest BCUT2D eigenvalue weighted by Gasteiger charge is 2.22. The van der Waals surface area contributed by atoms with Gasteiger partial charge in [0.15, 0.2) is 0 Å². The average molecular weight is 338 g/mol. The van der Waals surface area contributed by atoms with Gasteiger partial charge in [-0.05, 0) is 43.0 Å². The minimum atomic E-state index is -0.821. The Morgan fingerprint density at radius 2 is 1.64 bits per heavy atom. The molecule has 0 spiro atoms. The largest absolute Gasteiger partial charge is 0.481 e. The van der Waals surface area contributed by atoms with Gasteiger partial charge in [-0.25, -0.2) is 0 Å². The second-order valence-electron chi connectivity index (χ2n) is 6.20. The number of carbonyl (C=O) groups is 2. The van der Waals surface area contributed by atoms with E-state index in [0.717, 1.165) is 24.3 Å². The molecule has 25 heavy (non-hydrogen) atoms. The first-order valence-corrected chi connectivity index (χ1v) is 8.61. The predicted molar refractivity (Wildman–Crippen MR) is 98.3 cm³/mol. The lowest BCUT2D eigenvalue weighted by atomic mass is 10.1. The summed E-state index contributed by atoms with van der Waals surface area (Å²) < 4.78 is 0. The van der Waals surface area contributed by atoms with Crippen molar-refractivity contribution in [1.82, 2.24) is 0 Å². The van der Waals surface area contributed by atoms with Gasteiger partial charge in [0, 0.05) is 25.1 Å². The topological polar surface area (TPSA) is 69.6 Å². The number of nitrogens with one attached hydrogen (secondary N) is 1. The van der Waals surface area contributed by atoms with Gasteiger partial charge in [0.25, 0.3) is 0 Å². The number of amides is 1. The Kier molecular flexibility index (Phi) is 5.33. The molecular formula is C20H22N2O3. The van der Waals surface area contributed by atoms with E-state index in [-0.39, 0.29) is 12.3 Å². The number of carboxylic acids is 1. The van der Waals surface area contributed by atoms with Gasteiger partial charge in [-0.15, -0.1) is 0 Å². The van der Waals surface area contributed by atoms with Crippen LogP contribution in [-0.4, -0.2) is 23.5 Å². The summed E-state index contributed by atoms with van der Waals surface area (Å²) in [5.74, 6) is -0.899. The number of anilines is 3. The van der Waals surface area contributed by atoms with E-state index in [0.29, 0.717) is 19.3 Å². The summed E-state index contributed by atoms with van der Waals surface area (Å²) in [5, 5.41) is 11.6. The average Bonchev–Trinajstić information content (AvgIpc) is 3.03. The van der Waals surface area contributed by atoms with E-state index in [1.807, 2.05) is 36.4 Å². The van der Waals surface area contributed by atoms with Crippen molar-refractivity contribution in [3.8, 4) is 0 Å². The molecule has 3 rings (SSSR count). The summed E-state index contributed by atoms with van der Waals surface area (Å²) in [7, 11) is 0. The first-order chi connectivity index (χ1) is 12.1. The minimum absolute atomic E-state index is 0.0784. The Balaban J connectivity index is 1.68. The van der Waals surface area contributed by atoms with Crippen LogP contribution >= 0.6 is 0 Å². The Morgan fingerprint density at radius 3 is 2.44 bits per heavy atom. The van der Waals surface area contributed by atoms with E-state index >= 15 is 0 Å². The lowest BCUT2D eigenvalue weighted by Crippen LogP contribution is -2.18. The number of rotatable bonds is 7. The SMILES string of the molecule is O=C(O)CCCCC(=O)Nc1ccccc1N1CCc2ccccc21. The van der Waals surface area contributed by atoms with E-state index in [1.54, 1.807) is 0 Å². The Morgan fingerprint density at radius 1 is 0.960 bits per heavy atom. The molecular weight excluding hydrogens is 316 g/mol. The van der Waals surface area contributed by atoms with Gasteiger partial charge in [0.2, 0.25) is 5.91 Å². The number of carbonyl (C=O) groups excluding carboxylic acids is 1. The number of aliphatic carboxylic acids is 1. The van der Waals surface area contributed by atoms with Crippen LogP contribution in [0.25, 0.3) is 0 Å². The first-order valence-electron chi connectivity index (χ1n) is 8.61. The summed E-state index contributed by atoms with van der Waals surface area (Å²) in [6, 6.07) is 16.1. The predicted octanol–water partition coefficient (Wildman–Crippen LogP) is 3.96. The molecule has 0 bridgehead atoms. The van der Waals surface area contributed by atoms with Crippen LogP contribution in [0.4, 0.5) is 17.1 Å². The van der Waals surface area contributed by atoms with Crippen LogP contribution in [0.1, 0.15) is 31.2 Å². The zero-order valence-electron chi connectivity index (χ0n) is 14.1. The van der Waals surface area contributed by atoms with E-state index in [4.69, 9.17) is 5.11 Å². The highest BCUT2D eigenvalue weighted by atomic mass is 16.4. The van der Waals surface area contributed by atoms with Gasteiger partial charge in [-0.3, -0.25) is 9.59 Å². The van der Waals surface area contributed by atoms with Gasteiger partial charge < -0.3 is 15.3 Å². The van der Waals surface area contributed by atoms with E-state index in [2.05, 4.69) is 22.3 Å². The molecule has 1 aliphatic heterocycles. The molecule has 0 fully saturated rings. The Hall–Kier alpha value is -2.82. The van der Waals surface area contributed by atoms with E-state index in [1.165, 1.54) is 11.3 Å². The summed E-state index contributed by atoms with van der Waals surface area (Å²) in [5.41, 5.74) is 4.29. The van der Waals surface area contributed by atoms with Crippen molar-refractivity contribution in [3.05, 3.63) is 54.1 Å². The van der Waals surface area contributed by atoms with Crippen molar-refractivity contribution in [3.63, 3.8) is 0 Å². The molecule has 2 aromatic carbocycles. The maximum Gasteiger partial charge on any atom is 0.303 e. The minimum Gasteiger partial charge on any atom is -0.481 e. The quantitative estimate of drug-likeness (QED) is 0.750. The number of para-hydroxylation sites is 3. The normalized spacial score (nSPS) is 12.7. The van der Waals surface area contributed by atoms with Crippen molar-refractivity contribution in [2.45, 2.75) is 32.1 Å². The monoisotopic (exact) mass is 338 g/mol. The summed E-state index contributed by atoms with van der Waals surface area (Å²) in [6.45, 7) is 0.894. The summed E-state index contributed by atoms with van der Waals surface area (Å²) in [4.78, 5) is 24.9. The first kappa shape index (κ1) is 17.0. The highest BCUT2D eigenvalue weighted by Crippen LogP contribution is 2.38. The third kappa shape index (κ3) is 4.18. The maximum atomic E-state index is 12.2. The molecule has 0 unspecified atom stereocenters. The van der Waals surface area contributed by atoms with Crippen LogP contribution in [0.15, 0.2) is 48.5 Å². The van der Waals surface area contributed by atoms with Crippen LogP contribution in [-0.2, 0) is 16.0 Å². The van der Waals surface area contributed by atoms with Crippen molar-refractivity contribution in [2.75, 3.05) is 16.8 Å². The van der Waals surface area contributed by atoms with Crippen LogP contribution in [0.5, 0.6) is 0 Å². The highest BCUT2D eigenvalue weighted by molar-refractivity contribution is 5.95. The van der Waals surface area contributed by atoms with Crippen LogP contribution in [0.2, 0.25) is 0 Å². The molecule has 0 aliphatic carbocycles. The lowest BCUT2D eigenvalue weighted by molar-refractivity contribution is -0.137. The number of hydrogen-bond acceptors (Lipinski definition) is 3. The second kappa shape index (κ2) is 7.83. The molecule has 0 atom stereocenters. The number of hydrogen-bond donors (Lipinski definition) is 2. The van der Waals surface area contributed by atoms with Crippen LogP contribution in [0, 0.1) is 0 Å². The number of carboxylic acid groups (broad SMARTS) is 1. The van der Waals surface area contributed by atoms with E-state index in [9.17, 15) is 9.59 Å². The van der Waals surface area contributed by atoms with Crippen molar-refractivity contribution >= 4 is 28.9 Å². The third-order valence-electron chi connectivity index (χ3n) is 4.40. The van der Waals surface area contributed by atoms with Gasteiger partial charge in [-0.1, -0.05) is 30.3 Å². The van der Waals surface area contributed by atoms with Gasteiger partial charge >= 0.3 is 5.97 Å².